The van der Waals surface area contributed by atoms with Crippen molar-refractivity contribution in [3.05, 3.63) is 52.8 Å². The number of likely N-dealkylation sites (tertiary alicyclic amines) is 1. The fourth-order valence-electron chi connectivity index (χ4n) is 4.08. The number of aromatic amines is 1. The van der Waals surface area contributed by atoms with Gasteiger partial charge in [0.05, 0.1) is 13.2 Å². The highest BCUT2D eigenvalue weighted by atomic mass is 35.5. The summed E-state index contributed by atoms with van der Waals surface area (Å²) in [5.41, 5.74) is 1.23. The number of carbonyl (C=O) groups excluding carboxylic acids is 1. The Morgan fingerprint density at radius 3 is 2.61 bits per heavy atom. The molecule has 4 rings (SSSR count). The van der Waals surface area contributed by atoms with Crippen LogP contribution >= 0.6 is 11.6 Å². The molecule has 8 nitrogen and oxygen atoms in total. The van der Waals surface area contributed by atoms with Gasteiger partial charge in [-0.15, -0.1) is 0 Å². The van der Waals surface area contributed by atoms with E-state index < -0.39 is 10.0 Å². The molecule has 2 saturated heterocycles. The molecule has 2 aliphatic rings. The van der Waals surface area contributed by atoms with Gasteiger partial charge in [0.25, 0.3) is 5.91 Å². The molecule has 0 aliphatic carbocycles. The number of hydrogen-bond acceptors (Lipinski definition) is 5. The molecule has 0 spiro atoms. The second-order valence-electron chi connectivity index (χ2n) is 7.82. The Kier molecular flexibility index (Phi) is 6.98. The van der Waals surface area contributed by atoms with E-state index in [1.165, 1.54) is 12.3 Å². The molecule has 1 atom stereocenters. The van der Waals surface area contributed by atoms with E-state index in [2.05, 4.69) is 14.6 Å². The van der Waals surface area contributed by atoms with Crippen LogP contribution in [0.1, 0.15) is 34.9 Å². The lowest BCUT2D eigenvalue weighted by atomic mass is 10.1. The number of ether oxygens (including phenoxy) is 1. The minimum Gasteiger partial charge on any atom is -0.379 e. The smallest absolute Gasteiger partial charge is 0.270 e. The predicted molar refractivity (Wildman–Crippen MR) is 118 cm³/mol. The summed E-state index contributed by atoms with van der Waals surface area (Å²) in [6.07, 6.45) is 3.33. The van der Waals surface area contributed by atoms with Crippen molar-refractivity contribution in [3.8, 4) is 0 Å². The van der Waals surface area contributed by atoms with Crippen LogP contribution in [0.15, 0.2) is 41.4 Å². The summed E-state index contributed by atoms with van der Waals surface area (Å²) in [6, 6.07) is 8.70. The van der Waals surface area contributed by atoms with Crippen LogP contribution in [0.2, 0.25) is 5.02 Å². The van der Waals surface area contributed by atoms with Crippen LogP contribution in [0.3, 0.4) is 0 Å². The number of halogens is 1. The zero-order chi connectivity index (χ0) is 21.8. The molecular formula is C21H27ClN4O4S. The molecule has 168 valence electrons. The molecule has 3 heterocycles. The average Bonchev–Trinajstić information content (AvgIpc) is 3.47. The fourth-order valence-corrected chi connectivity index (χ4v) is 5.31. The second-order valence-corrected chi connectivity index (χ2v) is 10.0. The Morgan fingerprint density at radius 2 is 1.90 bits per heavy atom. The van der Waals surface area contributed by atoms with Crippen molar-refractivity contribution in [1.29, 1.82) is 0 Å². The quantitative estimate of drug-likeness (QED) is 0.652. The first-order valence-electron chi connectivity index (χ1n) is 10.5. The molecular weight excluding hydrogens is 440 g/mol. The predicted octanol–water partition coefficient (Wildman–Crippen LogP) is 2.26. The number of aromatic nitrogens is 1. The summed E-state index contributed by atoms with van der Waals surface area (Å²) in [5.74, 6) is -0.163. The van der Waals surface area contributed by atoms with Crippen molar-refractivity contribution in [2.45, 2.75) is 23.8 Å². The van der Waals surface area contributed by atoms with Crippen LogP contribution in [-0.4, -0.2) is 75.0 Å². The maximum absolute atomic E-state index is 12.9. The molecule has 10 heteroatoms. The maximum atomic E-state index is 12.9. The van der Waals surface area contributed by atoms with E-state index in [4.69, 9.17) is 16.3 Å². The minimum absolute atomic E-state index is 0.0573. The number of H-pyrrole nitrogens is 1. The first-order chi connectivity index (χ1) is 14.9. The minimum atomic E-state index is -3.79. The monoisotopic (exact) mass is 466 g/mol. The van der Waals surface area contributed by atoms with Crippen molar-refractivity contribution in [1.82, 2.24) is 19.5 Å². The summed E-state index contributed by atoms with van der Waals surface area (Å²) < 4.78 is 34.1. The van der Waals surface area contributed by atoms with Crippen molar-refractivity contribution < 1.29 is 17.9 Å². The summed E-state index contributed by atoms with van der Waals surface area (Å²) >= 11 is 6.18. The molecule has 1 unspecified atom stereocenters. The number of rotatable bonds is 7. The van der Waals surface area contributed by atoms with Crippen LogP contribution in [0, 0.1) is 0 Å². The number of sulfonamides is 1. The maximum Gasteiger partial charge on any atom is 0.270 e. The van der Waals surface area contributed by atoms with Gasteiger partial charge in [-0.05, 0) is 36.6 Å². The molecule has 2 aliphatic heterocycles. The van der Waals surface area contributed by atoms with E-state index in [-0.39, 0.29) is 23.4 Å². The van der Waals surface area contributed by atoms with Gasteiger partial charge in [-0.25, -0.2) is 13.1 Å². The van der Waals surface area contributed by atoms with Crippen molar-refractivity contribution in [2.24, 2.45) is 0 Å². The highest BCUT2D eigenvalue weighted by Gasteiger charge is 2.27. The lowest BCUT2D eigenvalue weighted by Crippen LogP contribution is -2.43. The standard InChI is InChI=1S/C21H27ClN4O4S/c22-17-5-3-4-16(12-17)20(25-8-10-30-11-9-25)15-24-31(28,29)18-13-19(23-14-18)21(27)26-6-1-2-7-26/h3-5,12-14,20,23-24H,1-2,6-11,15H2. The highest BCUT2D eigenvalue weighted by molar-refractivity contribution is 7.89. The summed E-state index contributed by atoms with van der Waals surface area (Å²) in [5, 5.41) is 0.606. The normalized spacial score (nSPS) is 18.9. The summed E-state index contributed by atoms with van der Waals surface area (Å²) in [7, 11) is -3.79. The molecule has 0 radical (unpaired) electrons. The summed E-state index contributed by atoms with van der Waals surface area (Å²) in [4.78, 5) is 19.3. The lowest BCUT2D eigenvalue weighted by Gasteiger charge is -2.35. The number of hydrogen-bond donors (Lipinski definition) is 2. The number of amides is 1. The number of benzene rings is 1. The molecule has 31 heavy (non-hydrogen) atoms. The van der Waals surface area contributed by atoms with Crippen LogP contribution in [0.25, 0.3) is 0 Å². The molecule has 2 fully saturated rings. The van der Waals surface area contributed by atoms with Crippen molar-refractivity contribution in [3.63, 3.8) is 0 Å². The Hall–Kier alpha value is -1.91. The molecule has 1 aromatic heterocycles. The van der Waals surface area contributed by atoms with Gasteiger partial charge in [0, 0.05) is 50.0 Å². The van der Waals surface area contributed by atoms with Crippen molar-refractivity contribution >= 4 is 27.5 Å². The number of carbonyl (C=O) groups is 1. The van der Waals surface area contributed by atoms with E-state index in [9.17, 15) is 13.2 Å². The average molecular weight is 467 g/mol. The first-order valence-corrected chi connectivity index (χ1v) is 12.3. The van der Waals surface area contributed by atoms with Gasteiger partial charge in [-0.2, -0.15) is 0 Å². The highest BCUT2D eigenvalue weighted by Crippen LogP contribution is 2.25. The van der Waals surface area contributed by atoms with E-state index in [0.29, 0.717) is 50.1 Å². The number of nitrogens with one attached hydrogen (secondary N) is 2. The molecule has 1 amide bonds. The van der Waals surface area contributed by atoms with E-state index in [1.807, 2.05) is 18.2 Å². The number of morpholine rings is 1. The largest absolute Gasteiger partial charge is 0.379 e. The number of nitrogens with zero attached hydrogens (tertiary/aromatic N) is 2. The van der Waals surface area contributed by atoms with Gasteiger partial charge < -0.3 is 14.6 Å². The van der Waals surface area contributed by atoms with E-state index in [1.54, 1.807) is 11.0 Å². The SMILES string of the molecule is O=C(c1cc(S(=O)(=O)NCC(c2cccc(Cl)c2)N2CCOCC2)c[nH]1)N1CCCC1. The third kappa shape index (κ3) is 5.30. The van der Waals surface area contributed by atoms with Gasteiger partial charge >= 0.3 is 0 Å². The van der Waals surface area contributed by atoms with Gasteiger partial charge in [0.2, 0.25) is 10.0 Å². The topological polar surface area (TPSA) is 94.7 Å². The lowest BCUT2D eigenvalue weighted by molar-refractivity contribution is 0.0172. The first kappa shape index (κ1) is 22.3. The van der Waals surface area contributed by atoms with Crippen LogP contribution < -0.4 is 4.72 Å². The Labute approximate surface area is 187 Å². The van der Waals surface area contributed by atoms with Gasteiger partial charge in [0.15, 0.2) is 0 Å². The van der Waals surface area contributed by atoms with Crippen LogP contribution in [0.4, 0.5) is 0 Å². The summed E-state index contributed by atoms with van der Waals surface area (Å²) in [6.45, 7) is 4.21. The third-order valence-corrected chi connectivity index (χ3v) is 7.42. The zero-order valence-electron chi connectivity index (χ0n) is 17.2. The van der Waals surface area contributed by atoms with Crippen LogP contribution in [0.5, 0.6) is 0 Å². The molecule has 0 saturated carbocycles. The van der Waals surface area contributed by atoms with Gasteiger partial charge in [-0.3, -0.25) is 9.69 Å². The van der Waals surface area contributed by atoms with E-state index in [0.717, 1.165) is 18.4 Å². The molecule has 1 aromatic carbocycles. The zero-order valence-corrected chi connectivity index (χ0v) is 18.8. The Balaban J connectivity index is 1.49. The van der Waals surface area contributed by atoms with Gasteiger partial charge in [-0.1, -0.05) is 23.7 Å². The third-order valence-electron chi connectivity index (χ3n) is 5.78. The Bertz CT molecular complexity index is 1010. The van der Waals surface area contributed by atoms with Gasteiger partial charge in [0.1, 0.15) is 10.6 Å². The van der Waals surface area contributed by atoms with E-state index >= 15 is 0 Å². The Morgan fingerprint density at radius 1 is 1.16 bits per heavy atom. The molecule has 2 aromatic rings. The fraction of sp³-hybridized carbons (Fsp3) is 0.476. The molecule has 2 N–H and O–H groups in total. The second kappa shape index (κ2) is 9.70. The molecule has 0 bridgehead atoms. The van der Waals surface area contributed by atoms with Crippen LogP contribution in [-0.2, 0) is 14.8 Å². The van der Waals surface area contributed by atoms with Crippen molar-refractivity contribution in [2.75, 3.05) is 45.9 Å².